The van der Waals surface area contributed by atoms with Crippen molar-refractivity contribution in [1.82, 2.24) is 4.90 Å². The van der Waals surface area contributed by atoms with E-state index in [1.165, 1.54) is 36.6 Å². The molecule has 0 saturated heterocycles. The molecule has 0 unspecified atom stereocenters. The van der Waals surface area contributed by atoms with Crippen molar-refractivity contribution in [3.63, 3.8) is 0 Å². The van der Waals surface area contributed by atoms with Crippen molar-refractivity contribution in [2.24, 2.45) is 5.73 Å². The van der Waals surface area contributed by atoms with E-state index in [0.717, 1.165) is 23.9 Å². The highest BCUT2D eigenvalue weighted by atomic mass is 16.3. The number of hydrogen-bond donors (Lipinski definition) is 1. The molecule has 3 heteroatoms. The first-order valence-corrected chi connectivity index (χ1v) is 7.19. The quantitative estimate of drug-likeness (QED) is 0.915. The summed E-state index contributed by atoms with van der Waals surface area (Å²) < 4.78 is 5.86. The van der Waals surface area contributed by atoms with E-state index in [1.807, 2.05) is 12.1 Å². The summed E-state index contributed by atoms with van der Waals surface area (Å²) in [5, 5.41) is 1.22. The van der Waals surface area contributed by atoms with Crippen LogP contribution in [0.15, 0.2) is 28.7 Å². The molecule has 1 aromatic carbocycles. The van der Waals surface area contributed by atoms with Crippen LogP contribution in [0.1, 0.15) is 37.0 Å². The monoisotopic (exact) mass is 258 g/mol. The molecular formula is C16H22N2O. The van der Waals surface area contributed by atoms with Crippen molar-refractivity contribution in [3.05, 3.63) is 35.6 Å². The Morgan fingerprint density at radius 3 is 2.74 bits per heavy atom. The Kier molecular flexibility index (Phi) is 3.58. The van der Waals surface area contributed by atoms with E-state index in [-0.39, 0.29) is 0 Å². The first-order valence-electron chi connectivity index (χ1n) is 7.19. The van der Waals surface area contributed by atoms with E-state index >= 15 is 0 Å². The predicted molar refractivity (Wildman–Crippen MR) is 77.8 cm³/mol. The number of benzene rings is 1. The number of rotatable bonds is 4. The molecule has 1 heterocycles. The maximum atomic E-state index is 5.86. The van der Waals surface area contributed by atoms with Gasteiger partial charge in [0, 0.05) is 23.5 Å². The van der Waals surface area contributed by atoms with Gasteiger partial charge < -0.3 is 10.2 Å². The maximum Gasteiger partial charge on any atom is 0.134 e. The van der Waals surface area contributed by atoms with Crippen LogP contribution in [0, 0.1) is 0 Å². The molecule has 0 spiro atoms. The molecule has 3 rings (SSSR count). The second kappa shape index (κ2) is 5.35. The van der Waals surface area contributed by atoms with Crippen molar-refractivity contribution in [3.8, 4) is 0 Å². The zero-order valence-corrected chi connectivity index (χ0v) is 11.6. The van der Waals surface area contributed by atoms with Crippen LogP contribution in [-0.4, -0.2) is 18.0 Å². The second-order valence-corrected chi connectivity index (χ2v) is 5.56. The largest absolute Gasteiger partial charge is 0.459 e. The Balaban J connectivity index is 1.90. The van der Waals surface area contributed by atoms with Gasteiger partial charge in [-0.3, -0.25) is 4.90 Å². The van der Waals surface area contributed by atoms with Gasteiger partial charge in [-0.2, -0.15) is 0 Å². The summed E-state index contributed by atoms with van der Waals surface area (Å²) in [7, 11) is 2.22. The Labute approximate surface area is 114 Å². The fraction of sp³-hybridized carbons (Fsp3) is 0.500. The highest BCUT2D eigenvalue weighted by Gasteiger charge is 2.22. The number of furan rings is 1. The van der Waals surface area contributed by atoms with Crippen molar-refractivity contribution in [2.45, 2.75) is 44.8 Å². The van der Waals surface area contributed by atoms with Gasteiger partial charge in [0.25, 0.3) is 0 Å². The average molecular weight is 258 g/mol. The molecule has 0 bridgehead atoms. The second-order valence-electron chi connectivity index (χ2n) is 5.56. The molecule has 2 aromatic rings. The van der Waals surface area contributed by atoms with Crippen molar-refractivity contribution < 1.29 is 4.42 Å². The lowest BCUT2D eigenvalue weighted by molar-refractivity contribution is 0.236. The summed E-state index contributed by atoms with van der Waals surface area (Å²) in [5.74, 6) is 0.936. The Hall–Kier alpha value is -1.32. The zero-order chi connectivity index (χ0) is 13.2. The van der Waals surface area contributed by atoms with Crippen LogP contribution in [0.2, 0.25) is 0 Å². The fourth-order valence-corrected chi connectivity index (χ4v) is 3.21. The number of hydrogen-bond acceptors (Lipinski definition) is 3. The summed E-state index contributed by atoms with van der Waals surface area (Å²) in [5.41, 5.74) is 8.06. The molecule has 0 radical (unpaired) electrons. The van der Waals surface area contributed by atoms with E-state index in [1.54, 1.807) is 0 Å². The Bertz CT molecular complexity index is 555. The molecule has 0 atom stereocenters. The SMILES string of the molecule is CN(Cc1c(CN)oc2ccccc12)C1CCCC1. The van der Waals surface area contributed by atoms with Gasteiger partial charge >= 0.3 is 0 Å². The molecule has 1 aliphatic rings. The van der Waals surface area contributed by atoms with Crippen LogP contribution < -0.4 is 5.73 Å². The summed E-state index contributed by atoms with van der Waals surface area (Å²) in [4.78, 5) is 2.46. The van der Waals surface area contributed by atoms with Gasteiger partial charge in [-0.25, -0.2) is 0 Å². The number of para-hydroxylation sites is 1. The number of nitrogens with zero attached hydrogens (tertiary/aromatic N) is 1. The van der Waals surface area contributed by atoms with Crippen LogP contribution in [0.4, 0.5) is 0 Å². The smallest absolute Gasteiger partial charge is 0.134 e. The van der Waals surface area contributed by atoms with E-state index in [0.29, 0.717) is 6.54 Å². The summed E-state index contributed by atoms with van der Waals surface area (Å²) in [6, 6.07) is 8.95. The first-order chi connectivity index (χ1) is 9.29. The Morgan fingerprint density at radius 2 is 2.00 bits per heavy atom. The lowest BCUT2D eigenvalue weighted by Gasteiger charge is -2.23. The molecular weight excluding hydrogens is 236 g/mol. The molecule has 0 aliphatic heterocycles. The zero-order valence-electron chi connectivity index (χ0n) is 11.6. The third-order valence-electron chi connectivity index (χ3n) is 4.32. The van der Waals surface area contributed by atoms with E-state index in [4.69, 9.17) is 10.2 Å². The third-order valence-corrected chi connectivity index (χ3v) is 4.32. The van der Waals surface area contributed by atoms with E-state index in [9.17, 15) is 0 Å². The highest BCUT2D eigenvalue weighted by molar-refractivity contribution is 5.82. The van der Waals surface area contributed by atoms with Gasteiger partial charge in [-0.1, -0.05) is 31.0 Å². The van der Waals surface area contributed by atoms with Crippen molar-refractivity contribution in [1.29, 1.82) is 0 Å². The predicted octanol–water partition coefficient (Wildman–Crippen LogP) is 3.27. The van der Waals surface area contributed by atoms with E-state index < -0.39 is 0 Å². The van der Waals surface area contributed by atoms with Crippen LogP contribution in [0.3, 0.4) is 0 Å². The van der Waals surface area contributed by atoms with Gasteiger partial charge in [0.1, 0.15) is 11.3 Å². The first kappa shape index (κ1) is 12.7. The summed E-state index contributed by atoms with van der Waals surface area (Å²) in [6.45, 7) is 1.41. The molecule has 3 nitrogen and oxygen atoms in total. The molecule has 1 saturated carbocycles. The molecule has 1 aromatic heterocycles. The van der Waals surface area contributed by atoms with Gasteiger partial charge in [0.05, 0.1) is 6.54 Å². The number of fused-ring (bicyclic) bond motifs is 1. The molecule has 2 N–H and O–H groups in total. The van der Waals surface area contributed by atoms with Gasteiger partial charge in [-0.15, -0.1) is 0 Å². The van der Waals surface area contributed by atoms with Crippen molar-refractivity contribution in [2.75, 3.05) is 7.05 Å². The van der Waals surface area contributed by atoms with Crippen molar-refractivity contribution >= 4 is 11.0 Å². The minimum Gasteiger partial charge on any atom is -0.459 e. The molecule has 1 aliphatic carbocycles. The Morgan fingerprint density at radius 1 is 1.26 bits per heavy atom. The third kappa shape index (κ3) is 2.40. The van der Waals surface area contributed by atoms with Crippen LogP contribution in [0.25, 0.3) is 11.0 Å². The van der Waals surface area contributed by atoms with Gasteiger partial charge in [0.15, 0.2) is 0 Å². The maximum absolute atomic E-state index is 5.86. The summed E-state index contributed by atoms with van der Waals surface area (Å²) in [6.07, 6.45) is 5.38. The highest BCUT2D eigenvalue weighted by Crippen LogP contribution is 2.29. The lowest BCUT2D eigenvalue weighted by Crippen LogP contribution is -2.28. The van der Waals surface area contributed by atoms with E-state index in [2.05, 4.69) is 24.1 Å². The minimum absolute atomic E-state index is 0.475. The van der Waals surface area contributed by atoms with Crippen LogP contribution in [0.5, 0.6) is 0 Å². The topological polar surface area (TPSA) is 42.4 Å². The van der Waals surface area contributed by atoms with Crippen LogP contribution in [-0.2, 0) is 13.1 Å². The molecule has 1 fully saturated rings. The normalized spacial score (nSPS) is 16.8. The molecule has 102 valence electrons. The van der Waals surface area contributed by atoms with Gasteiger partial charge in [-0.05, 0) is 26.0 Å². The number of nitrogens with two attached hydrogens (primary N) is 1. The minimum atomic E-state index is 0.475. The lowest BCUT2D eigenvalue weighted by atomic mass is 10.1. The summed E-state index contributed by atoms with van der Waals surface area (Å²) >= 11 is 0. The van der Waals surface area contributed by atoms with Gasteiger partial charge in [0.2, 0.25) is 0 Å². The standard InChI is InChI=1S/C16H22N2O/c1-18(12-6-2-3-7-12)11-14-13-8-4-5-9-15(13)19-16(14)10-17/h4-5,8-9,12H,2-3,6-7,10-11,17H2,1H3. The molecule has 19 heavy (non-hydrogen) atoms. The fourth-order valence-electron chi connectivity index (χ4n) is 3.21. The average Bonchev–Trinajstić information content (AvgIpc) is 3.06. The van der Waals surface area contributed by atoms with Crippen LogP contribution >= 0.6 is 0 Å². The molecule has 0 amide bonds.